The number of rotatable bonds is 5. The summed E-state index contributed by atoms with van der Waals surface area (Å²) >= 11 is 0. The molecule has 8 heteroatoms. The van der Waals surface area contributed by atoms with E-state index in [-0.39, 0.29) is 28.3 Å². The lowest BCUT2D eigenvalue weighted by Gasteiger charge is -2.15. The Bertz CT molecular complexity index is 1110. The van der Waals surface area contributed by atoms with Gasteiger partial charge >= 0.3 is 0 Å². The number of para-hydroxylation sites is 1. The van der Waals surface area contributed by atoms with Gasteiger partial charge < -0.3 is 16.0 Å². The normalized spacial score (nSPS) is 10.4. The molecule has 3 aromatic rings. The quantitative estimate of drug-likeness (QED) is 0.585. The molecular formula is C22H20F2N4O2. The zero-order valence-corrected chi connectivity index (χ0v) is 16.6. The molecule has 0 aliphatic heterocycles. The number of anilines is 3. The van der Waals surface area contributed by atoms with E-state index < -0.39 is 17.5 Å². The maximum Gasteiger partial charge on any atom is 0.255 e. The monoisotopic (exact) mass is 410 g/mol. The molecule has 6 nitrogen and oxygen atoms in total. The number of hydrogen-bond donors (Lipinski definition) is 3. The summed E-state index contributed by atoms with van der Waals surface area (Å²) in [6.07, 6.45) is 1.37. The number of benzene rings is 2. The number of amides is 2. The topological polar surface area (TPSA) is 83.1 Å². The predicted molar refractivity (Wildman–Crippen MR) is 111 cm³/mol. The van der Waals surface area contributed by atoms with E-state index in [4.69, 9.17) is 0 Å². The lowest BCUT2D eigenvalue weighted by Crippen LogP contribution is -2.20. The molecular weight excluding hydrogens is 390 g/mol. The Labute approximate surface area is 172 Å². The zero-order valence-electron chi connectivity index (χ0n) is 16.6. The van der Waals surface area contributed by atoms with Crippen LogP contribution in [-0.4, -0.2) is 23.8 Å². The fraction of sp³-hybridized carbons (Fsp3) is 0.136. The molecule has 0 aliphatic rings. The van der Waals surface area contributed by atoms with Crippen LogP contribution in [0.3, 0.4) is 0 Å². The Morgan fingerprint density at radius 1 is 0.900 bits per heavy atom. The minimum absolute atomic E-state index is 0.00986. The van der Waals surface area contributed by atoms with Crippen molar-refractivity contribution in [3.05, 3.63) is 82.5 Å². The molecule has 2 amide bonds. The van der Waals surface area contributed by atoms with Crippen molar-refractivity contribution in [2.24, 2.45) is 0 Å². The van der Waals surface area contributed by atoms with Gasteiger partial charge in [0.2, 0.25) is 0 Å². The van der Waals surface area contributed by atoms with E-state index in [1.165, 1.54) is 32.3 Å². The maximum atomic E-state index is 13.7. The summed E-state index contributed by atoms with van der Waals surface area (Å²) in [7, 11) is 1.48. The molecule has 3 N–H and O–H groups in total. The Hall–Kier alpha value is -3.81. The van der Waals surface area contributed by atoms with E-state index in [2.05, 4.69) is 20.9 Å². The molecule has 0 aliphatic carbocycles. The predicted octanol–water partition coefficient (Wildman–Crippen LogP) is 4.33. The first-order chi connectivity index (χ1) is 14.3. The van der Waals surface area contributed by atoms with Crippen LogP contribution in [0.1, 0.15) is 31.8 Å². The van der Waals surface area contributed by atoms with Gasteiger partial charge in [0.15, 0.2) is 17.5 Å². The van der Waals surface area contributed by atoms with Gasteiger partial charge in [-0.05, 0) is 49.2 Å². The second-order valence-electron chi connectivity index (χ2n) is 6.68. The average molecular weight is 410 g/mol. The molecule has 0 unspecified atom stereocenters. The molecule has 3 rings (SSSR count). The first-order valence-electron chi connectivity index (χ1n) is 9.12. The first-order valence-corrected chi connectivity index (χ1v) is 9.12. The van der Waals surface area contributed by atoms with Crippen molar-refractivity contribution >= 4 is 29.0 Å². The number of pyridine rings is 1. The van der Waals surface area contributed by atoms with Crippen molar-refractivity contribution in [1.29, 1.82) is 0 Å². The molecule has 2 aromatic carbocycles. The highest BCUT2D eigenvalue weighted by Gasteiger charge is 2.17. The minimum Gasteiger partial charge on any atom is -0.355 e. The van der Waals surface area contributed by atoms with Crippen LogP contribution in [0.15, 0.2) is 48.7 Å². The number of aromatic nitrogens is 1. The summed E-state index contributed by atoms with van der Waals surface area (Å²) in [6.45, 7) is 3.28. The SMILES string of the molecule is CNC(=O)c1cnc(Nc2ccccc2C)c(NC(=O)c2cc(C)c(F)c(F)c2)c1. The molecule has 30 heavy (non-hydrogen) atoms. The van der Waals surface area contributed by atoms with Crippen molar-refractivity contribution in [3.8, 4) is 0 Å². The molecule has 0 fully saturated rings. The molecule has 0 spiro atoms. The summed E-state index contributed by atoms with van der Waals surface area (Å²) in [5.74, 6) is -2.87. The van der Waals surface area contributed by atoms with Crippen LogP contribution in [0, 0.1) is 25.5 Å². The fourth-order valence-electron chi connectivity index (χ4n) is 2.82. The summed E-state index contributed by atoms with van der Waals surface area (Å²) < 4.78 is 27.3. The van der Waals surface area contributed by atoms with Gasteiger partial charge in [0.25, 0.3) is 11.8 Å². The number of carbonyl (C=O) groups excluding carboxylic acids is 2. The van der Waals surface area contributed by atoms with Gasteiger partial charge in [-0.15, -0.1) is 0 Å². The van der Waals surface area contributed by atoms with E-state index >= 15 is 0 Å². The highest BCUT2D eigenvalue weighted by molar-refractivity contribution is 6.07. The zero-order chi connectivity index (χ0) is 21.8. The van der Waals surface area contributed by atoms with Crippen LogP contribution in [0.4, 0.5) is 26.0 Å². The van der Waals surface area contributed by atoms with Crippen molar-refractivity contribution in [2.75, 3.05) is 17.7 Å². The lowest BCUT2D eigenvalue weighted by atomic mass is 10.1. The third-order valence-electron chi connectivity index (χ3n) is 4.50. The van der Waals surface area contributed by atoms with Crippen molar-refractivity contribution < 1.29 is 18.4 Å². The molecule has 154 valence electrons. The highest BCUT2D eigenvalue weighted by atomic mass is 19.2. The molecule has 0 bridgehead atoms. The van der Waals surface area contributed by atoms with Crippen LogP contribution in [0.5, 0.6) is 0 Å². The number of aryl methyl sites for hydroxylation is 2. The minimum atomic E-state index is -1.12. The lowest BCUT2D eigenvalue weighted by molar-refractivity contribution is 0.0961. The molecule has 0 saturated carbocycles. The second-order valence-corrected chi connectivity index (χ2v) is 6.68. The van der Waals surface area contributed by atoms with Gasteiger partial charge in [-0.2, -0.15) is 0 Å². The second kappa shape index (κ2) is 8.69. The number of nitrogens with zero attached hydrogens (tertiary/aromatic N) is 1. The number of nitrogens with one attached hydrogen (secondary N) is 3. The van der Waals surface area contributed by atoms with Gasteiger partial charge in [0.1, 0.15) is 0 Å². The third-order valence-corrected chi connectivity index (χ3v) is 4.50. The number of hydrogen-bond acceptors (Lipinski definition) is 4. The van der Waals surface area contributed by atoms with E-state index in [0.29, 0.717) is 5.82 Å². The van der Waals surface area contributed by atoms with Crippen LogP contribution in [0.2, 0.25) is 0 Å². The molecule has 1 heterocycles. The molecule has 1 aromatic heterocycles. The van der Waals surface area contributed by atoms with Crippen LogP contribution < -0.4 is 16.0 Å². The Balaban J connectivity index is 1.99. The maximum absolute atomic E-state index is 13.7. The van der Waals surface area contributed by atoms with E-state index in [1.54, 1.807) is 0 Å². The van der Waals surface area contributed by atoms with Crippen molar-refractivity contribution in [2.45, 2.75) is 13.8 Å². The van der Waals surface area contributed by atoms with Crippen LogP contribution >= 0.6 is 0 Å². The largest absolute Gasteiger partial charge is 0.355 e. The summed E-state index contributed by atoms with van der Waals surface area (Å²) in [5.41, 5.74) is 2.10. The van der Waals surface area contributed by atoms with Crippen molar-refractivity contribution in [1.82, 2.24) is 10.3 Å². The number of carbonyl (C=O) groups is 2. The smallest absolute Gasteiger partial charge is 0.255 e. The Morgan fingerprint density at radius 3 is 2.30 bits per heavy atom. The molecule has 0 radical (unpaired) electrons. The fourth-order valence-corrected chi connectivity index (χ4v) is 2.82. The molecule has 0 saturated heterocycles. The summed E-state index contributed by atoms with van der Waals surface area (Å²) in [6, 6.07) is 11.0. The molecule has 0 atom stereocenters. The van der Waals surface area contributed by atoms with Crippen molar-refractivity contribution in [3.63, 3.8) is 0 Å². The third kappa shape index (κ3) is 4.43. The van der Waals surface area contributed by atoms with Gasteiger partial charge in [0.05, 0.1) is 11.3 Å². The summed E-state index contributed by atoms with van der Waals surface area (Å²) in [5, 5.41) is 8.24. The van der Waals surface area contributed by atoms with E-state index in [9.17, 15) is 18.4 Å². The van der Waals surface area contributed by atoms with Gasteiger partial charge in [-0.1, -0.05) is 18.2 Å². The summed E-state index contributed by atoms with van der Waals surface area (Å²) in [4.78, 5) is 29.0. The average Bonchev–Trinajstić information content (AvgIpc) is 2.73. The van der Waals surface area contributed by atoms with E-state index in [0.717, 1.165) is 17.3 Å². The van der Waals surface area contributed by atoms with Crippen LogP contribution in [-0.2, 0) is 0 Å². The highest BCUT2D eigenvalue weighted by Crippen LogP contribution is 2.27. The van der Waals surface area contributed by atoms with Gasteiger partial charge in [-0.3, -0.25) is 9.59 Å². The first kappa shape index (κ1) is 20.9. The van der Waals surface area contributed by atoms with Gasteiger partial charge in [0, 0.05) is 24.5 Å². The Kier molecular flexibility index (Phi) is 6.06. The number of halogens is 2. The standard InChI is InChI=1S/C22H20F2N4O2/c1-12-6-4-5-7-17(12)27-20-18(10-15(11-26-20)21(29)25-3)28-22(30)14-8-13(2)19(24)16(23)9-14/h4-11H,1-3H3,(H,25,29)(H,26,27)(H,28,30). The Morgan fingerprint density at radius 2 is 1.63 bits per heavy atom. The van der Waals surface area contributed by atoms with Crippen LogP contribution in [0.25, 0.3) is 0 Å². The van der Waals surface area contributed by atoms with E-state index in [1.807, 2.05) is 31.2 Å². The van der Waals surface area contributed by atoms with Gasteiger partial charge in [-0.25, -0.2) is 13.8 Å².